The molecule has 0 aliphatic carbocycles. The Balaban J connectivity index is 1.95. The molecule has 0 saturated carbocycles. The summed E-state index contributed by atoms with van der Waals surface area (Å²) in [5.74, 6) is -0.000365. The number of benzene rings is 1. The van der Waals surface area contributed by atoms with Crippen molar-refractivity contribution in [1.82, 2.24) is 9.80 Å². The van der Waals surface area contributed by atoms with Gasteiger partial charge in [0.2, 0.25) is 0 Å². The van der Waals surface area contributed by atoms with Crippen LogP contribution in [0.2, 0.25) is 0 Å². The third kappa shape index (κ3) is 3.29. The summed E-state index contributed by atoms with van der Waals surface area (Å²) in [4.78, 5) is 4.72. The molecule has 0 bridgehead atoms. The van der Waals surface area contributed by atoms with Crippen LogP contribution in [0, 0.1) is 11.3 Å². The molecule has 1 fully saturated rings. The van der Waals surface area contributed by atoms with Crippen LogP contribution in [0.25, 0.3) is 0 Å². The van der Waals surface area contributed by atoms with Crippen molar-refractivity contribution in [3.8, 4) is 6.07 Å². The average Bonchev–Trinajstić information content (AvgIpc) is 2.39. The molecule has 0 spiro atoms. The molecule has 1 unspecified atom stereocenters. The lowest BCUT2D eigenvalue weighted by molar-refractivity contribution is 0.152. The van der Waals surface area contributed by atoms with Crippen LogP contribution in [0.1, 0.15) is 11.5 Å². The molecule has 0 radical (unpaired) electrons. The normalized spacial score (nSPS) is 19.8. The Morgan fingerprint density at radius 3 is 2.41 bits per heavy atom. The highest BCUT2D eigenvalue weighted by atomic mass is 15.2. The standard InChI is InChI=1S/C14H19N3/c1-16-7-9-17(10-8-16)12-14(11-15)13-5-3-2-4-6-13/h2-6,14H,7-10,12H2,1H3. The van der Waals surface area contributed by atoms with Gasteiger partial charge in [-0.15, -0.1) is 0 Å². The van der Waals surface area contributed by atoms with Crippen molar-refractivity contribution in [3.63, 3.8) is 0 Å². The van der Waals surface area contributed by atoms with E-state index in [1.54, 1.807) is 0 Å². The van der Waals surface area contributed by atoms with E-state index in [2.05, 4.69) is 22.9 Å². The largest absolute Gasteiger partial charge is 0.304 e. The van der Waals surface area contributed by atoms with Crippen molar-refractivity contribution in [2.45, 2.75) is 5.92 Å². The molecular formula is C14H19N3. The molecule has 17 heavy (non-hydrogen) atoms. The highest BCUT2D eigenvalue weighted by molar-refractivity contribution is 5.25. The first-order valence-electron chi connectivity index (χ1n) is 6.15. The van der Waals surface area contributed by atoms with E-state index in [1.165, 1.54) is 0 Å². The van der Waals surface area contributed by atoms with Gasteiger partial charge in [0, 0.05) is 32.7 Å². The minimum absolute atomic E-state index is 0.000365. The summed E-state index contributed by atoms with van der Waals surface area (Å²) in [6.07, 6.45) is 0. The second-order valence-electron chi connectivity index (χ2n) is 4.70. The van der Waals surface area contributed by atoms with E-state index in [4.69, 9.17) is 0 Å². The van der Waals surface area contributed by atoms with Gasteiger partial charge in [-0.05, 0) is 12.6 Å². The van der Waals surface area contributed by atoms with Crippen LogP contribution in [-0.4, -0.2) is 49.6 Å². The van der Waals surface area contributed by atoms with Gasteiger partial charge < -0.3 is 4.90 Å². The third-order valence-corrected chi connectivity index (χ3v) is 3.39. The van der Waals surface area contributed by atoms with E-state index >= 15 is 0 Å². The molecule has 3 heteroatoms. The zero-order valence-corrected chi connectivity index (χ0v) is 10.3. The molecule has 1 saturated heterocycles. The van der Waals surface area contributed by atoms with Gasteiger partial charge in [0.1, 0.15) is 0 Å². The first-order valence-corrected chi connectivity index (χ1v) is 6.15. The molecule has 0 N–H and O–H groups in total. The number of piperazine rings is 1. The average molecular weight is 229 g/mol. The van der Waals surface area contributed by atoms with Gasteiger partial charge in [-0.3, -0.25) is 4.90 Å². The zero-order chi connectivity index (χ0) is 12.1. The van der Waals surface area contributed by atoms with Crippen LogP contribution in [-0.2, 0) is 0 Å². The highest BCUT2D eigenvalue weighted by Crippen LogP contribution is 2.16. The molecule has 1 aliphatic rings. The predicted octanol–water partition coefficient (Wildman–Crippen LogP) is 1.54. The maximum atomic E-state index is 9.28. The maximum Gasteiger partial charge on any atom is 0.0839 e. The summed E-state index contributed by atoms with van der Waals surface area (Å²) >= 11 is 0. The Morgan fingerprint density at radius 1 is 1.18 bits per heavy atom. The topological polar surface area (TPSA) is 30.3 Å². The molecule has 1 aliphatic heterocycles. The highest BCUT2D eigenvalue weighted by Gasteiger charge is 2.18. The molecular weight excluding hydrogens is 210 g/mol. The lowest BCUT2D eigenvalue weighted by Gasteiger charge is -2.33. The van der Waals surface area contributed by atoms with E-state index in [9.17, 15) is 5.26 Å². The summed E-state index contributed by atoms with van der Waals surface area (Å²) in [7, 11) is 2.15. The Bertz CT molecular complexity index is 374. The lowest BCUT2D eigenvalue weighted by Crippen LogP contribution is -2.45. The number of rotatable bonds is 3. The van der Waals surface area contributed by atoms with Crippen LogP contribution < -0.4 is 0 Å². The van der Waals surface area contributed by atoms with Gasteiger partial charge in [0.05, 0.1) is 12.0 Å². The SMILES string of the molecule is CN1CCN(CC(C#N)c2ccccc2)CC1. The van der Waals surface area contributed by atoms with Crippen molar-refractivity contribution in [2.75, 3.05) is 39.8 Å². The Hall–Kier alpha value is -1.37. The first-order chi connectivity index (χ1) is 8.29. The molecule has 1 atom stereocenters. The van der Waals surface area contributed by atoms with E-state index in [0.717, 1.165) is 38.3 Å². The second kappa shape index (κ2) is 5.81. The van der Waals surface area contributed by atoms with Gasteiger partial charge in [-0.1, -0.05) is 30.3 Å². The second-order valence-corrected chi connectivity index (χ2v) is 4.70. The molecule has 2 rings (SSSR count). The van der Waals surface area contributed by atoms with Crippen LogP contribution in [0.3, 0.4) is 0 Å². The fourth-order valence-corrected chi connectivity index (χ4v) is 2.19. The third-order valence-electron chi connectivity index (χ3n) is 3.39. The number of nitriles is 1. The quantitative estimate of drug-likeness (QED) is 0.787. The smallest absolute Gasteiger partial charge is 0.0839 e. The summed E-state index contributed by atoms with van der Waals surface area (Å²) in [5.41, 5.74) is 1.13. The van der Waals surface area contributed by atoms with Crippen molar-refractivity contribution in [2.24, 2.45) is 0 Å². The molecule has 1 heterocycles. The number of nitrogens with zero attached hydrogens (tertiary/aromatic N) is 3. The molecule has 3 nitrogen and oxygen atoms in total. The minimum Gasteiger partial charge on any atom is -0.304 e. The maximum absolute atomic E-state index is 9.28. The van der Waals surface area contributed by atoms with Crippen LogP contribution in [0.15, 0.2) is 30.3 Å². The molecule has 0 aromatic heterocycles. The van der Waals surface area contributed by atoms with Crippen molar-refractivity contribution in [3.05, 3.63) is 35.9 Å². The molecule has 1 aromatic carbocycles. The Morgan fingerprint density at radius 2 is 1.82 bits per heavy atom. The van der Waals surface area contributed by atoms with Gasteiger partial charge in [0.25, 0.3) is 0 Å². The Labute approximate surface area is 103 Å². The zero-order valence-electron chi connectivity index (χ0n) is 10.3. The van der Waals surface area contributed by atoms with E-state index < -0.39 is 0 Å². The van der Waals surface area contributed by atoms with Crippen LogP contribution >= 0.6 is 0 Å². The summed E-state index contributed by atoms with van der Waals surface area (Å²) in [5, 5.41) is 9.28. The fourth-order valence-electron chi connectivity index (χ4n) is 2.19. The van der Waals surface area contributed by atoms with Gasteiger partial charge in [-0.25, -0.2) is 0 Å². The minimum atomic E-state index is -0.000365. The van der Waals surface area contributed by atoms with E-state index in [-0.39, 0.29) is 5.92 Å². The number of likely N-dealkylation sites (N-methyl/N-ethyl adjacent to an activating group) is 1. The summed E-state index contributed by atoms with van der Waals surface area (Å²) < 4.78 is 0. The monoisotopic (exact) mass is 229 g/mol. The number of hydrogen-bond acceptors (Lipinski definition) is 3. The van der Waals surface area contributed by atoms with Gasteiger partial charge in [-0.2, -0.15) is 5.26 Å². The van der Waals surface area contributed by atoms with E-state index in [1.807, 2.05) is 30.3 Å². The summed E-state index contributed by atoms with van der Waals surface area (Å²) in [6, 6.07) is 12.5. The molecule has 0 amide bonds. The Kier molecular flexibility index (Phi) is 4.13. The summed E-state index contributed by atoms with van der Waals surface area (Å²) in [6.45, 7) is 5.21. The van der Waals surface area contributed by atoms with Crippen molar-refractivity contribution < 1.29 is 0 Å². The molecule has 1 aromatic rings. The lowest BCUT2D eigenvalue weighted by atomic mass is 10.00. The van der Waals surface area contributed by atoms with Crippen molar-refractivity contribution >= 4 is 0 Å². The van der Waals surface area contributed by atoms with E-state index in [0.29, 0.717) is 0 Å². The fraction of sp³-hybridized carbons (Fsp3) is 0.500. The molecule has 90 valence electrons. The van der Waals surface area contributed by atoms with Crippen LogP contribution in [0.4, 0.5) is 0 Å². The number of hydrogen-bond donors (Lipinski definition) is 0. The van der Waals surface area contributed by atoms with Crippen LogP contribution in [0.5, 0.6) is 0 Å². The van der Waals surface area contributed by atoms with Crippen molar-refractivity contribution in [1.29, 1.82) is 5.26 Å². The van der Waals surface area contributed by atoms with Gasteiger partial charge >= 0.3 is 0 Å². The predicted molar refractivity (Wildman–Crippen MR) is 68.7 cm³/mol. The first kappa shape index (κ1) is 12.1. The van der Waals surface area contributed by atoms with Gasteiger partial charge in [0.15, 0.2) is 0 Å².